The van der Waals surface area contributed by atoms with Crippen LogP contribution >= 0.6 is 15.9 Å². The first-order valence-electron chi connectivity index (χ1n) is 6.18. The minimum Gasteiger partial charge on any atom is -0.392 e. The normalized spacial score (nSPS) is 26.1. The molecule has 1 aliphatic carbocycles. The lowest BCUT2D eigenvalue weighted by Crippen LogP contribution is -2.20. The second kappa shape index (κ2) is 5.49. The van der Waals surface area contributed by atoms with Gasteiger partial charge in [0.05, 0.1) is 6.10 Å². The standard InChI is InChI=1S/C14H18BrFO/c1-9-2-3-11(6-9)14(17)7-10-4-5-12(16)8-13(10)15/h4-5,8-9,11,14,17H,2-3,6-7H2,1H3. The first-order chi connectivity index (χ1) is 8.06. The molecule has 1 aliphatic rings. The summed E-state index contributed by atoms with van der Waals surface area (Å²) in [5, 5.41) is 10.2. The zero-order valence-corrected chi connectivity index (χ0v) is 11.6. The molecule has 0 bridgehead atoms. The van der Waals surface area contributed by atoms with E-state index in [4.69, 9.17) is 0 Å². The van der Waals surface area contributed by atoms with Crippen LogP contribution in [0.3, 0.4) is 0 Å². The minimum absolute atomic E-state index is 0.246. The van der Waals surface area contributed by atoms with Crippen molar-refractivity contribution in [2.75, 3.05) is 0 Å². The van der Waals surface area contributed by atoms with Crippen LogP contribution in [0.5, 0.6) is 0 Å². The quantitative estimate of drug-likeness (QED) is 0.897. The first-order valence-corrected chi connectivity index (χ1v) is 6.97. The van der Waals surface area contributed by atoms with E-state index in [9.17, 15) is 9.50 Å². The van der Waals surface area contributed by atoms with E-state index in [2.05, 4.69) is 22.9 Å². The van der Waals surface area contributed by atoms with E-state index in [-0.39, 0.29) is 11.9 Å². The van der Waals surface area contributed by atoms with Gasteiger partial charge in [0, 0.05) is 4.47 Å². The van der Waals surface area contributed by atoms with Crippen LogP contribution in [-0.4, -0.2) is 11.2 Å². The van der Waals surface area contributed by atoms with Crippen LogP contribution in [-0.2, 0) is 6.42 Å². The highest BCUT2D eigenvalue weighted by atomic mass is 79.9. The Morgan fingerprint density at radius 1 is 1.47 bits per heavy atom. The zero-order chi connectivity index (χ0) is 12.4. The molecule has 1 aromatic rings. The molecule has 0 heterocycles. The van der Waals surface area contributed by atoms with Crippen molar-refractivity contribution in [1.29, 1.82) is 0 Å². The van der Waals surface area contributed by atoms with Gasteiger partial charge in [-0.25, -0.2) is 4.39 Å². The Labute approximate surface area is 110 Å². The zero-order valence-electron chi connectivity index (χ0n) is 10.00. The van der Waals surface area contributed by atoms with Gasteiger partial charge in [-0.05, 0) is 48.8 Å². The van der Waals surface area contributed by atoms with Crippen molar-refractivity contribution in [1.82, 2.24) is 0 Å². The highest BCUT2D eigenvalue weighted by Crippen LogP contribution is 2.34. The SMILES string of the molecule is CC1CCC(C(O)Cc2ccc(F)cc2Br)C1. The van der Waals surface area contributed by atoms with E-state index in [0.29, 0.717) is 12.3 Å². The van der Waals surface area contributed by atoms with E-state index in [1.807, 2.05) is 0 Å². The van der Waals surface area contributed by atoms with Crippen LogP contribution < -0.4 is 0 Å². The summed E-state index contributed by atoms with van der Waals surface area (Å²) in [6.07, 6.45) is 3.74. The van der Waals surface area contributed by atoms with Gasteiger partial charge in [-0.15, -0.1) is 0 Å². The summed E-state index contributed by atoms with van der Waals surface area (Å²) < 4.78 is 13.7. The van der Waals surface area contributed by atoms with Crippen molar-refractivity contribution < 1.29 is 9.50 Å². The number of hydrogen-bond acceptors (Lipinski definition) is 1. The molecule has 0 radical (unpaired) electrons. The van der Waals surface area contributed by atoms with Crippen molar-refractivity contribution >= 4 is 15.9 Å². The molecule has 1 saturated carbocycles. The maximum Gasteiger partial charge on any atom is 0.124 e. The molecule has 3 atom stereocenters. The van der Waals surface area contributed by atoms with Crippen LogP contribution in [0.1, 0.15) is 31.7 Å². The molecule has 0 aromatic heterocycles. The van der Waals surface area contributed by atoms with Crippen LogP contribution in [0, 0.1) is 17.7 Å². The Kier molecular flexibility index (Phi) is 4.21. The molecular formula is C14H18BrFO. The van der Waals surface area contributed by atoms with Gasteiger partial charge in [-0.1, -0.05) is 35.3 Å². The maximum atomic E-state index is 12.9. The number of aliphatic hydroxyl groups excluding tert-OH is 1. The highest BCUT2D eigenvalue weighted by molar-refractivity contribution is 9.10. The number of rotatable bonds is 3. The molecule has 94 valence electrons. The predicted molar refractivity (Wildman–Crippen MR) is 70.3 cm³/mol. The van der Waals surface area contributed by atoms with Gasteiger partial charge < -0.3 is 5.11 Å². The fourth-order valence-corrected chi connectivity index (χ4v) is 3.19. The lowest BCUT2D eigenvalue weighted by molar-refractivity contribution is 0.109. The van der Waals surface area contributed by atoms with E-state index in [0.717, 1.165) is 28.8 Å². The molecule has 0 aliphatic heterocycles. The van der Waals surface area contributed by atoms with Gasteiger partial charge in [-0.2, -0.15) is 0 Å². The number of halogens is 2. The molecule has 0 spiro atoms. The van der Waals surface area contributed by atoms with Gasteiger partial charge in [0.2, 0.25) is 0 Å². The summed E-state index contributed by atoms with van der Waals surface area (Å²) in [5.74, 6) is 0.887. The van der Waals surface area contributed by atoms with Crippen molar-refractivity contribution in [2.45, 2.75) is 38.7 Å². The topological polar surface area (TPSA) is 20.2 Å². The van der Waals surface area contributed by atoms with Gasteiger partial charge >= 0.3 is 0 Å². The molecule has 1 fully saturated rings. The molecule has 1 nitrogen and oxygen atoms in total. The van der Waals surface area contributed by atoms with Gasteiger partial charge in [0.25, 0.3) is 0 Å². The van der Waals surface area contributed by atoms with E-state index < -0.39 is 0 Å². The number of hydrogen-bond donors (Lipinski definition) is 1. The molecule has 1 N–H and O–H groups in total. The van der Waals surface area contributed by atoms with E-state index in [1.165, 1.54) is 18.6 Å². The molecule has 0 saturated heterocycles. The van der Waals surface area contributed by atoms with E-state index in [1.54, 1.807) is 6.07 Å². The summed E-state index contributed by atoms with van der Waals surface area (Å²) in [4.78, 5) is 0. The molecule has 1 aromatic carbocycles. The average molecular weight is 301 g/mol. The molecule has 0 amide bonds. The van der Waals surface area contributed by atoms with E-state index >= 15 is 0 Å². The Morgan fingerprint density at radius 2 is 2.24 bits per heavy atom. The molecular weight excluding hydrogens is 283 g/mol. The number of benzene rings is 1. The fraction of sp³-hybridized carbons (Fsp3) is 0.571. The van der Waals surface area contributed by atoms with Gasteiger partial charge in [0.1, 0.15) is 5.82 Å². The maximum absolute atomic E-state index is 12.9. The van der Waals surface area contributed by atoms with Crippen molar-refractivity contribution in [3.05, 3.63) is 34.1 Å². The van der Waals surface area contributed by atoms with Crippen LogP contribution in [0.4, 0.5) is 4.39 Å². The second-order valence-electron chi connectivity index (χ2n) is 5.19. The predicted octanol–water partition coefficient (Wildman–Crippen LogP) is 3.93. The second-order valence-corrected chi connectivity index (χ2v) is 6.04. The van der Waals surface area contributed by atoms with Gasteiger partial charge in [0.15, 0.2) is 0 Å². The summed E-state index contributed by atoms with van der Waals surface area (Å²) in [6, 6.07) is 4.66. The third kappa shape index (κ3) is 3.29. The Balaban J connectivity index is 2.00. The minimum atomic E-state index is -0.304. The highest BCUT2D eigenvalue weighted by Gasteiger charge is 2.27. The fourth-order valence-electron chi connectivity index (χ4n) is 2.68. The monoisotopic (exact) mass is 300 g/mol. The lowest BCUT2D eigenvalue weighted by Gasteiger charge is -2.18. The summed E-state index contributed by atoms with van der Waals surface area (Å²) in [6.45, 7) is 2.24. The third-order valence-corrected chi connectivity index (χ3v) is 4.46. The smallest absolute Gasteiger partial charge is 0.124 e. The average Bonchev–Trinajstić information content (AvgIpc) is 2.69. The van der Waals surface area contributed by atoms with Crippen LogP contribution in [0.15, 0.2) is 22.7 Å². The van der Waals surface area contributed by atoms with Crippen molar-refractivity contribution in [3.63, 3.8) is 0 Å². The Bertz CT molecular complexity index is 394. The Morgan fingerprint density at radius 3 is 2.82 bits per heavy atom. The molecule has 3 unspecified atom stereocenters. The van der Waals surface area contributed by atoms with Crippen molar-refractivity contribution in [3.8, 4) is 0 Å². The van der Waals surface area contributed by atoms with Crippen LogP contribution in [0.2, 0.25) is 0 Å². The van der Waals surface area contributed by atoms with Crippen molar-refractivity contribution in [2.24, 2.45) is 11.8 Å². The molecule has 2 rings (SSSR count). The van der Waals surface area contributed by atoms with Crippen LogP contribution in [0.25, 0.3) is 0 Å². The number of aliphatic hydroxyl groups is 1. The lowest BCUT2D eigenvalue weighted by atomic mass is 9.94. The molecule has 3 heteroatoms. The molecule has 17 heavy (non-hydrogen) atoms. The largest absolute Gasteiger partial charge is 0.392 e. The van der Waals surface area contributed by atoms with Gasteiger partial charge in [-0.3, -0.25) is 0 Å². The Hall–Kier alpha value is -0.410. The third-order valence-electron chi connectivity index (χ3n) is 3.72. The summed E-state index contributed by atoms with van der Waals surface area (Å²) >= 11 is 3.34. The summed E-state index contributed by atoms with van der Waals surface area (Å²) in [7, 11) is 0. The summed E-state index contributed by atoms with van der Waals surface area (Å²) in [5.41, 5.74) is 0.985. The first kappa shape index (κ1) is 13.0.